The van der Waals surface area contributed by atoms with E-state index < -0.39 is 0 Å². The fourth-order valence-electron chi connectivity index (χ4n) is 2.14. The molecule has 1 nitrogen and oxygen atoms in total. The van der Waals surface area contributed by atoms with Crippen molar-refractivity contribution in [1.82, 2.24) is 4.90 Å². The van der Waals surface area contributed by atoms with E-state index in [9.17, 15) is 0 Å². The second kappa shape index (κ2) is 2.79. The Morgan fingerprint density at radius 3 is 2.25 bits per heavy atom. The number of rotatable bonds is 1. The summed E-state index contributed by atoms with van der Waals surface area (Å²) >= 11 is 0. The quantitative estimate of drug-likeness (QED) is 0.580. The average Bonchev–Trinajstić information content (AvgIpc) is 2.17. The maximum atomic E-state index is 4.12. The number of allylic oxidation sites excluding steroid dienone is 1. The summed E-state index contributed by atoms with van der Waals surface area (Å²) in [5.41, 5.74) is 1.72. The molecule has 2 unspecified atom stereocenters. The van der Waals surface area contributed by atoms with Crippen LogP contribution in [0, 0.1) is 17.3 Å². The van der Waals surface area contributed by atoms with Crippen molar-refractivity contribution in [3.8, 4) is 0 Å². The van der Waals surface area contributed by atoms with Crippen LogP contribution in [0.3, 0.4) is 0 Å². The van der Waals surface area contributed by atoms with E-state index in [1.54, 1.807) is 0 Å². The molecule has 70 valence electrons. The fraction of sp³-hybridized carbons (Fsp3) is 0.818. The zero-order valence-corrected chi connectivity index (χ0v) is 9.02. The van der Waals surface area contributed by atoms with Crippen LogP contribution in [0.4, 0.5) is 0 Å². The van der Waals surface area contributed by atoms with Crippen molar-refractivity contribution in [2.24, 2.45) is 17.3 Å². The maximum Gasteiger partial charge on any atom is 0.0234 e. The molecule has 12 heavy (non-hydrogen) atoms. The first-order valence-electron chi connectivity index (χ1n) is 4.79. The molecule has 2 atom stereocenters. The Balaban J connectivity index is 2.89. The molecule has 0 aromatic rings. The molecular formula is C11H21N. The normalized spacial score (nSPS) is 36.7. The highest BCUT2D eigenvalue weighted by Crippen LogP contribution is 2.45. The Morgan fingerprint density at radius 1 is 1.58 bits per heavy atom. The molecule has 0 bridgehead atoms. The van der Waals surface area contributed by atoms with Gasteiger partial charge < -0.3 is 4.90 Å². The molecule has 0 N–H and O–H groups in total. The molecule has 0 saturated carbocycles. The van der Waals surface area contributed by atoms with Crippen LogP contribution < -0.4 is 0 Å². The molecule has 1 saturated heterocycles. The van der Waals surface area contributed by atoms with Crippen molar-refractivity contribution >= 4 is 0 Å². The SMILES string of the molecule is C=C1C(C)C(C)(C(C)C)CN1C. The van der Waals surface area contributed by atoms with Gasteiger partial charge >= 0.3 is 0 Å². The molecule has 0 aliphatic carbocycles. The highest BCUT2D eigenvalue weighted by Gasteiger charge is 2.43. The second-order valence-corrected chi connectivity index (χ2v) is 4.73. The van der Waals surface area contributed by atoms with Gasteiger partial charge in [-0.25, -0.2) is 0 Å². The molecule has 1 rings (SSSR count). The molecular weight excluding hydrogens is 146 g/mol. The lowest BCUT2D eigenvalue weighted by atomic mass is 9.71. The van der Waals surface area contributed by atoms with Crippen molar-refractivity contribution in [2.45, 2.75) is 27.7 Å². The average molecular weight is 167 g/mol. The topological polar surface area (TPSA) is 3.24 Å². The van der Waals surface area contributed by atoms with Crippen LogP contribution in [0.5, 0.6) is 0 Å². The van der Waals surface area contributed by atoms with Crippen LogP contribution in [0.1, 0.15) is 27.7 Å². The zero-order chi connectivity index (χ0) is 9.52. The Morgan fingerprint density at radius 2 is 2.08 bits per heavy atom. The Labute approximate surface area is 76.5 Å². The summed E-state index contributed by atoms with van der Waals surface area (Å²) in [6.07, 6.45) is 0. The predicted octanol–water partition coefficient (Wildman–Crippen LogP) is 2.74. The van der Waals surface area contributed by atoms with E-state index in [1.165, 1.54) is 5.70 Å². The van der Waals surface area contributed by atoms with E-state index in [1.807, 2.05) is 0 Å². The van der Waals surface area contributed by atoms with Gasteiger partial charge in [0, 0.05) is 25.2 Å². The third-order valence-corrected chi connectivity index (χ3v) is 3.88. The van der Waals surface area contributed by atoms with E-state index >= 15 is 0 Å². The molecule has 0 aromatic carbocycles. The second-order valence-electron chi connectivity index (χ2n) is 4.73. The van der Waals surface area contributed by atoms with E-state index in [-0.39, 0.29) is 0 Å². The molecule has 0 amide bonds. The summed E-state index contributed by atoms with van der Waals surface area (Å²) in [5.74, 6) is 1.36. The highest BCUT2D eigenvalue weighted by molar-refractivity contribution is 5.12. The third-order valence-electron chi connectivity index (χ3n) is 3.88. The summed E-state index contributed by atoms with van der Waals surface area (Å²) in [5, 5.41) is 0. The fourth-order valence-corrected chi connectivity index (χ4v) is 2.14. The van der Waals surface area contributed by atoms with Crippen LogP contribution in [0.2, 0.25) is 0 Å². The van der Waals surface area contributed by atoms with Crippen LogP contribution in [-0.2, 0) is 0 Å². The lowest BCUT2D eigenvalue weighted by molar-refractivity contribution is 0.177. The van der Waals surface area contributed by atoms with Crippen LogP contribution in [0.15, 0.2) is 12.3 Å². The predicted molar refractivity (Wildman–Crippen MR) is 53.9 cm³/mol. The third kappa shape index (κ3) is 1.16. The molecule has 1 aliphatic heterocycles. The standard InChI is InChI=1S/C11H21N/c1-8(2)11(5)7-12(6)10(4)9(11)3/h8-9H,4,7H2,1-3,5-6H3. The van der Waals surface area contributed by atoms with E-state index in [0.29, 0.717) is 11.3 Å². The van der Waals surface area contributed by atoms with Gasteiger partial charge in [-0.1, -0.05) is 34.3 Å². The number of hydrogen-bond acceptors (Lipinski definition) is 1. The first kappa shape index (κ1) is 9.63. The van der Waals surface area contributed by atoms with E-state index in [2.05, 4.69) is 46.2 Å². The van der Waals surface area contributed by atoms with Crippen LogP contribution >= 0.6 is 0 Å². The van der Waals surface area contributed by atoms with Crippen molar-refractivity contribution in [2.75, 3.05) is 13.6 Å². The Bertz CT molecular complexity index is 195. The van der Waals surface area contributed by atoms with Gasteiger partial charge in [-0.05, 0) is 11.3 Å². The minimum atomic E-state index is 0.422. The lowest BCUT2D eigenvalue weighted by Gasteiger charge is -2.32. The van der Waals surface area contributed by atoms with Crippen molar-refractivity contribution in [3.63, 3.8) is 0 Å². The smallest absolute Gasteiger partial charge is 0.0234 e. The number of hydrogen-bond donors (Lipinski definition) is 0. The lowest BCUT2D eigenvalue weighted by Crippen LogP contribution is -2.30. The molecule has 1 fully saturated rings. The first-order chi connectivity index (χ1) is 5.39. The molecule has 0 aromatic heterocycles. The zero-order valence-electron chi connectivity index (χ0n) is 9.02. The minimum Gasteiger partial charge on any atom is -0.378 e. The van der Waals surface area contributed by atoms with E-state index in [4.69, 9.17) is 0 Å². The van der Waals surface area contributed by atoms with Gasteiger partial charge in [0.15, 0.2) is 0 Å². The largest absolute Gasteiger partial charge is 0.378 e. The van der Waals surface area contributed by atoms with Gasteiger partial charge in [-0.2, -0.15) is 0 Å². The summed E-state index contributed by atoms with van der Waals surface area (Å²) in [6, 6.07) is 0. The summed E-state index contributed by atoms with van der Waals surface area (Å²) in [4.78, 5) is 2.30. The van der Waals surface area contributed by atoms with Gasteiger partial charge in [0.25, 0.3) is 0 Å². The summed E-state index contributed by atoms with van der Waals surface area (Å²) in [7, 11) is 2.15. The van der Waals surface area contributed by atoms with Crippen molar-refractivity contribution < 1.29 is 0 Å². The van der Waals surface area contributed by atoms with Crippen molar-refractivity contribution in [1.29, 1.82) is 0 Å². The molecule has 1 aliphatic rings. The minimum absolute atomic E-state index is 0.422. The molecule has 0 spiro atoms. The monoisotopic (exact) mass is 167 g/mol. The van der Waals surface area contributed by atoms with E-state index in [0.717, 1.165) is 12.5 Å². The number of likely N-dealkylation sites (tertiary alicyclic amines) is 1. The first-order valence-corrected chi connectivity index (χ1v) is 4.79. The van der Waals surface area contributed by atoms with Gasteiger partial charge in [0.05, 0.1) is 0 Å². The molecule has 0 radical (unpaired) electrons. The Hall–Kier alpha value is -0.460. The summed E-state index contributed by atoms with van der Waals surface area (Å²) in [6.45, 7) is 14.6. The summed E-state index contributed by atoms with van der Waals surface area (Å²) < 4.78 is 0. The molecule has 1 heterocycles. The van der Waals surface area contributed by atoms with Crippen LogP contribution in [-0.4, -0.2) is 18.5 Å². The van der Waals surface area contributed by atoms with Gasteiger partial charge in [0.2, 0.25) is 0 Å². The molecule has 1 heteroatoms. The van der Waals surface area contributed by atoms with Gasteiger partial charge in [-0.15, -0.1) is 0 Å². The highest BCUT2D eigenvalue weighted by atomic mass is 15.2. The Kier molecular flexibility index (Phi) is 2.24. The van der Waals surface area contributed by atoms with Gasteiger partial charge in [0.1, 0.15) is 0 Å². The van der Waals surface area contributed by atoms with Gasteiger partial charge in [-0.3, -0.25) is 0 Å². The van der Waals surface area contributed by atoms with Crippen molar-refractivity contribution in [3.05, 3.63) is 12.3 Å². The maximum absolute atomic E-state index is 4.12. The number of nitrogens with zero attached hydrogens (tertiary/aromatic N) is 1. The van der Waals surface area contributed by atoms with Crippen LogP contribution in [0.25, 0.3) is 0 Å².